The first-order valence-electron chi connectivity index (χ1n) is 14.5. The molecule has 0 unspecified atom stereocenters. The molecular weight excluding hydrogens is 727 g/mol. The van der Waals surface area contributed by atoms with E-state index in [1.807, 2.05) is 85.5 Å². The maximum Gasteiger partial charge on any atom is 0.348 e. The molecule has 0 spiro atoms. The molecule has 0 aliphatic rings. The number of ether oxygens (including phenoxy) is 3. The summed E-state index contributed by atoms with van der Waals surface area (Å²) in [5.41, 5.74) is 5.21. The molecule has 0 N–H and O–H groups in total. The molecule has 0 saturated heterocycles. The van der Waals surface area contributed by atoms with Gasteiger partial charge >= 0.3 is 5.97 Å². The van der Waals surface area contributed by atoms with E-state index in [1.54, 1.807) is 25.6 Å². The second-order valence-electron chi connectivity index (χ2n) is 10.3. The van der Waals surface area contributed by atoms with Gasteiger partial charge in [-0.15, -0.1) is 22.7 Å². The molecule has 0 saturated carbocycles. The predicted molar refractivity (Wildman–Crippen MR) is 185 cm³/mol. The van der Waals surface area contributed by atoms with Crippen molar-refractivity contribution in [2.45, 2.75) is 6.92 Å². The number of nitrogens with zero attached hydrogens (tertiary/aromatic N) is 2. The molecule has 0 aliphatic carbocycles. The number of hydrogen-bond acceptors (Lipinski definition) is 7. The van der Waals surface area contributed by atoms with E-state index in [2.05, 4.69) is 53.5 Å². The number of hydrogen-bond donors (Lipinski definition) is 0. The maximum absolute atomic E-state index is 12.7. The number of carbonyl (C=O) groups excluding carboxylic acids is 1. The van der Waals surface area contributed by atoms with Crippen LogP contribution in [0.3, 0.4) is 0 Å². The average Bonchev–Trinajstić information content (AvgIpc) is 3.66. The molecule has 46 heavy (non-hydrogen) atoms. The van der Waals surface area contributed by atoms with Crippen LogP contribution >= 0.6 is 22.7 Å². The smallest absolute Gasteiger partial charge is 0.348 e. The van der Waals surface area contributed by atoms with Crippen LogP contribution in [0.2, 0.25) is 0 Å². The first-order chi connectivity index (χ1) is 22.0. The number of benzene rings is 3. The van der Waals surface area contributed by atoms with Crippen molar-refractivity contribution in [3.63, 3.8) is 0 Å². The Morgan fingerprint density at radius 2 is 1.33 bits per heavy atom. The minimum absolute atomic E-state index is 0. The summed E-state index contributed by atoms with van der Waals surface area (Å²) in [7, 11) is 5.34. The Kier molecular flexibility index (Phi) is 10.8. The Balaban J connectivity index is 0.00000417. The summed E-state index contributed by atoms with van der Waals surface area (Å²) in [6.45, 7) is 2.17. The number of carbonyl (C=O) groups is 1. The van der Waals surface area contributed by atoms with Crippen LogP contribution in [0.1, 0.15) is 27.0 Å². The molecule has 0 aliphatic heterocycles. The molecule has 9 heteroatoms. The number of halogens is 1. The minimum Gasteiger partial charge on any atom is -1.00 e. The predicted octanol–water partition coefficient (Wildman–Crippen LogP) is 6.29. The summed E-state index contributed by atoms with van der Waals surface area (Å²) in [6.07, 6.45) is 8.31. The molecule has 6 aromatic rings. The van der Waals surface area contributed by atoms with Crippen molar-refractivity contribution in [1.82, 2.24) is 0 Å². The molecule has 6 rings (SSSR count). The Hall–Kier alpha value is -4.19. The lowest BCUT2D eigenvalue weighted by Gasteiger charge is -2.26. The molecule has 0 bridgehead atoms. The Bertz CT molecular complexity index is 1900. The van der Waals surface area contributed by atoms with Crippen LogP contribution in [0.25, 0.3) is 32.7 Å². The molecule has 6 nitrogen and oxygen atoms in total. The first kappa shape index (κ1) is 33.2. The second-order valence-corrected chi connectivity index (χ2v) is 12.4. The van der Waals surface area contributed by atoms with Crippen LogP contribution < -0.4 is 42.9 Å². The fourth-order valence-electron chi connectivity index (χ4n) is 5.05. The quantitative estimate of drug-likeness (QED) is 0.0935. The lowest BCUT2D eigenvalue weighted by Crippen LogP contribution is -3.00. The van der Waals surface area contributed by atoms with E-state index in [4.69, 9.17) is 14.2 Å². The number of thiophene rings is 2. The van der Waals surface area contributed by atoms with Crippen molar-refractivity contribution in [3.8, 4) is 21.9 Å². The van der Waals surface area contributed by atoms with Gasteiger partial charge in [0.05, 0.1) is 25.5 Å². The van der Waals surface area contributed by atoms with Gasteiger partial charge in [0.1, 0.15) is 23.4 Å². The third-order valence-electron chi connectivity index (χ3n) is 7.37. The summed E-state index contributed by atoms with van der Waals surface area (Å²) in [6, 6.07) is 30.7. The monoisotopic (exact) mass is 760 g/mol. The summed E-state index contributed by atoms with van der Waals surface area (Å²) >= 11 is 3.21. The Morgan fingerprint density at radius 3 is 1.85 bits per heavy atom. The van der Waals surface area contributed by atoms with E-state index in [1.165, 1.54) is 11.3 Å². The number of pyridine rings is 1. The van der Waals surface area contributed by atoms with Crippen LogP contribution in [0, 0.1) is 0 Å². The largest absolute Gasteiger partial charge is 1.00 e. The molecule has 3 heterocycles. The van der Waals surface area contributed by atoms with Crippen molar-refractivity contribution in [3.05, 3.63) is 119 Å². The number of methoxy groups -OCH3 is 2. The molecule has 0 radical (unpaired) electrons. The summed E-state index contributed by atoms with van der Waals surface area (Å²) < 4.78 is 19.2. The summed E-state index contributed by atoms with van der Waals surface area (Å²) in [5.74, 6) is 1.31. The average molecular weight is 761 g/mol. The molecule has 0 atom stereocenters. The minimum atomic E-state index is -0.287. The normalized spacial score (nSPS) is 11.0. The number of rotatable bonds is 10. The van der Waals surface area contributed by atoms with E-state index < -0.39 is 0 Å². The highest BCUT2D eigenvalue weighted by Gasteiger charge is 2.20. The van der Waals surface area contributed by atoms with Gasteiger partial charge in [0, 0.05) is 44.3 Å². The van der Waals surface area contributed by atoms with Crippen molar-refractivity contribution >= 4 is 67.9 Å². The molecule has 0 fully saturated rings. The maximum atomic E-state index is 12.7. The van der Waals surface area contributed by atoms with Gasteiger partial charge in [0.15, 0.2) is 12.4 Å². The van der Waals surface area contributed by atoms with Crippen LogP contribution in [-0.2, 0) is 11.8 Å². The van der Waals surface area contributed by atoms with Crippen LogP contribution in [0.4, 0.5) is 17.1 Å². The highest BCUT2D eigenvalue weighted by molar-refractivity contribution is 7.27. The molecular formula is C37H33IN2O4S2. The fraction of sp³-hybridized carbons (Fsp3) is 0.135. The van der Waals surface area contributed by atoms with Gasteiger partial charge < -0.3 is 43.1 Å². The van der Waals surface area contributed by atoms with Crippen molar-refractivity contribution in [2.75, 3.05) is 25.7 Å². The third kappa shape index (κ3) is 7.11. The van der Waals surface area contributed by atoms with Gasteiger partial charge in [0.2, 0.25) is 0 Å². The number of anilines is 3. The summed E-state index contributed by atoms with van der Waals surface area (Å²) in [4.78, 5) is 17.7. The Labute approximate surface area is 294 Å². The number of esters is 1. The van der Waals surface area contributed by atoms with Gasteiger partial charge in [-0.1, -0.05) is 18.2 Å². The standard InChI is InChI=1S/C37H33N2O4S2.HI/c1-5-43-37(40)34-24-32-35(44-33(36(32)45-34)19-6-25-20-22-38(2)23-21-25)26-7-9-27(10-8-26)39(28-11-15-30(41-3)16-12-28)29-13-17-31(42-4)18-14-29;/h6-24H,5H2,1-4H3;1H/q+1;/p-1. The van der Waals surface area contributed by atoms with Crippen molar-refractivity contribution in [2.24, 2.45) is 7.05 Å². The molecule has 3 aromatic carbocycles. The highest BCUT2D eigenvalue weighted by Crippen LogP contribution is 2.45. The number of aromatic nitrogens is 1. The van der Waals surface area contributed by atoms with Crippen molar-refractivity contribution in [1.29, 1.82) is 0 Å². The van der Waals surface area contributed by atoms with E-state index in [0.717, 1.165) is 59.5 Å². The lowest BCUT2D eigenvalue weighted by molar-refractivity contribution is -0.671. The molecule has 234 valence electrons. The Morgan fingerprint density at radius 1 is 0.783 bits per heavy atom. The van der Waals surface area contributed by atoms with Crippen LogP contribution in [0.15, 0.2) is 103 Å². The van der Waals surface area contributed by atoms with E-state index in [9.17, 15) is 4.79 Å². The van der Waals surface area contributed by atoms with Gasteiger partial charge in [-0.3, -0.25) is 0 Å². The zero-order valence-corrected chi connectivity index (χ0v) is 29.7. The summed E-state index contributed by atoms with van der Waals surface area (Å²) in [5, 5.41) is 1.06. The van der Waals surface area contributed by atoms with Gasteiger partial charge in [0.25, 0.3) is 0 Å². The van der Waals surface area contributed by atoms with Gasteiger partial charge in [-0.2, -0.15) is 0 Å². The van der Waals surface area contributed by atoms with E-state index in [0.29, 0.717) is 11.5 Å². The molecule has 3 aromatic heterocycles. The number of aryl methyl sites for hydroxylation is 1. The zero-order chi connectivity index (χ0) is 31.3. The third-order valence-corrected chi connectivity index (χ3v) is 9.87. The SMILES string of the molecule is CCOC(=O)c1cc2c(-c3ccc(N(c4ccc(OC)cc4)c4ccc(OC)cc4)cc3)sc(/C=C/c3cc[n+](C)cc3)c2s1.[I-]. The van der Waals surface area contributed by atoms with E-state index in [-0.39, 0.29) is 29.9 Å². The fourth-order valence-corrected chi connectivity index (χ4v) is 7.42. The van der Waals surface area contributed by atoms with Gasteiger partial charge in [-0.25, -0.2) is 9.36 Å². The molecule has 0 amide bonds. The van der Waals surface area contributed by atoms with Gasteiger partial charge in [-0.05, 0) is 90.9 Å². The van der Waals surface area contributed by atoms with Crippen LogP contribution in [-0.4, -0.2) is 26.8 Å². The lowest BCUT2D eigenvalue weighted by atomic mass is 10.1. The highest BCUT2D eigenvalue weighted by atomic mass is 127. The zero-order valence-electron chi connectivity index (χ0n) is 25.9. The van der Waals surface area contributed by atoms with Crippen LogP contribution in [0.5, 0.6) is 11.5 Å². The van der Waals surface area contributed by atoms with E-state index >= 15 is 0 Å². The topological polar surface area (TPSA) is 51.9 Å². The second kappa shape index (κ2) is 14.9. The number of fused-ring (bicyclic) bond motifs is 1. The first-order valence-corrected chi connectivity index (χ1v) is 16.2. The van der Waals surface area contributed by atoms with Crippen molar-refractivity contribution < 1.29 is 47.5 Å².